The van der Waals surface area contributed by atoms with Crippen LogP contribution in [0.5, 0.6) is 0 Å². The lowest BCUT2D eigenvalue weighted by atomic mass is 10.2. The Morgan fingerprint density at radius 2 is 2.18 bits per heavy atom. The SMILES string of the molecule is O=C(O)C1CN(Cc2ccccc2)CCCO1. The lowest BCUT2D eigenvalue weighted by molar-refractivity contribution is -0.150. The van der Waals surface area contributed by atoms with E-state index >= 15 is 0 Å². The Balaban J connectivity index is 1.97. The van der Waals surface area contributed by atoms with Gasteiger partial charge in [-0.05, 0) is 12.0 Å². The number of hydrogen-bond donors (Lipinski definition) is 1. The first-order valence-electron chi connectivity index (χ1n) is 5.86. The van der Waals surface area contributed by atoms with Gasteiger partial charge in [0.25, 0.3) is 0 Å². The highest BCUT2D eigenvalue weighted by Gasteiger charge is 2.24. The molecule has 2 rings (SSSR count). The molecule has 0 bridgehead atoms. The molecule has 0 aliphatic carbocycles. The summed E-state index contributed by atoms with van der Waals surface area (Å²) in [6.45, 7) is 2.67. The Morgan fingerprint density at radius 1 is 1.41 bits per heavy atom. The second-order valence-electron chi connectivity index (χ2n) is 4.27. The molecule has 0 aromatic heterocycles. The van der Waals surface area contributed by atoms with Crippen molar-refractivity contribution in [3.63, 3.8) is 0 Å². The molecule has 4 nitrogen and oxygen atoms in total. The number of ether oxygens (including phenoxy) is 1. The van der Waals surface area contributed by atoms with Crippen LogP contribution in [0, 0.1) is 0 Å². The zero-order chi connectivity index (χ0) is 12.1. The molecule has 1 N–H and O–H groups in total. The first-order valence-corrected chi connectivity index (χ1v) is 5.86. The van der Waals surface area contributed by atoms with Crippen LogP contribution >= 0.6 is 0 Å². The molecule has 92 valence electrons. The van der Waals surface area contributed by atoms with Crippen molar-refractivity contribution in [1.82, 2.24) is 4.90 Å². The Morgan fingerprint density at radius 3 is 2.88 bits per heavy atom. The van der Waals surface area contributed by atoms with E-state index in [9.17, 15) is 4.79 Å². The molecule has 1 saturated heterocycles. The summed E-state index contributed by atoms with van der Waals surface area (Å²) in [5.41, 5.74) is 1.21. The summed E-state index contributed by atoms with van der Waals surface area (Å²) >= 11 is 0. The highest BCUT2D eigenvalue weighted by Crippen LogP contribution is 2.10. The maximum Gasteiger partial charge on any atom is 0.334 e. The highest BCUT2D eigenvalue weighted by atomic mass is 16.5. The molecule has 1 heterocycles. The van der Waals surface area contributed by atoms with E-state index in [1.807, 2.05) is 18.2 Å². The number of carboxylic acids is 1. The molecule has 1 aliphatic rings. The summed E-state index contributed by atoms with van der Waals surface area (Å²) in [6.07, 6.45) is 0.192. The van der Waals surface area contributed by atoms with Gasteiger partial charge in [-0.3, -0.25) is 4.90 Å². The zero-order valence-corrected chi connectivity index (χ0v) is 9.71. The molecule has 4 heteroatoms. The number of rotatable bonds is 3. The molecule has 1 aromatic carbocycles. The molecular formula is C13H17NO3. The third-order valence-corrected chi connectivity index (χ3v) is 2.89. The highest BCUT2D eigenvalue weighted by molar-refractivity contribution is 5.72. The van der Waals surface area contributed by atoms with Crippen LogP contribution in [-0.4, -0.2) is 41.8 Å². The van der Waals surface area contributed by atoms with E-state index in [1.165, 1.54) is 5.56 Å². The lowest BCUT2D eigenvalue weighted by Crippen LogP contribution is -2.36. The van der Waals surface area contributed by atoms with Gasteiger partial charge in [0.1, 0.15) is 0 Å². The summed E-state index contributed by atoms with van der Waals surface area (Å²) in [7, 11) is 0. The van der Waals surface area contributed by atoms with E-state index in [-0.39, 0.29) is 0 Å². The summed E-state index contributed by atoms with van der Waals surface area (Å²) in [4.78, 5) is 13.1. The molecule has 1 aromatic rings. The predicted molar refractivity (Wildman–Crippen MR) is 63.7 cm³/mol. The zero-order valence-electron chi connectivity index (χ0n) is 9.71. The van der Waals surface area contributed by atoms with Crippen molar-refractivity contribution in [1.29, 1.82) is 0 Å². The Kier molecular flexibility index (Phi) is 4.12. The van der Waals surface area contributed by atoms with Crippen molar-refractivity contribution in [3.05, 3.63) is 35.9 Å². The van der Waals surface area contributed by atoms with Gasteiger partial charge >= 0.3 is 5.97 Å². The lowest BCUT2D eigenvalue weighted by Gasteiger charge is -2.21. The van der Waals surface area contributed by atoms with Crippen LogP contribution in [0.15, 0.2) is 30.3 Å². The molecule has 17 heavy (non-hydrogen) atoms. The molecular weight excluding hydrogens is 218 g/mol. The Bertz CT molecular complexity index is 366. The fraction of sp³-hybridized carbons (Fsp3) is 0.462. The molecule has 1 atom stereocenters. The van der Waals surface area contributed by atoms with E-state index in [2.05, 4.69) is 17.0 Å². The van der Waals surface area contributed by atoms with Gasteiger partial charge in [0.05, 0.1) is 0 Å². The van der Waals surface area contributed by atoms with Gasteiger partial charge in [-0.2, -0.15) is 0 Å². The van der Waals surface area contributed by atoms with Gasteiger partial charge in [0, 0.05) is 26.2 Å². The summed E-state index contributed by atoms with van der Waals surface area (Å²) in [5.74, 6) is -0.870. The summed E-state index contributed by atoms with van der Waals surface area (Å²) in [5, 5.41) is 9.00. The van der Waals surface area contributed by atoms with Crippen LogP contribution in [-0.2, 0) is 16.1 Å². The van der Waals surface area contributed by atoms with E-state index < -0.39 is 12.1 Å². The first-order chi connectivity index (χ1) is 8.25. The van der Waals surface area contributed by atoms with Gasteiger partial charge in [-0.25, -0.2) is 4.79 Å². The van der Waals surface area contributed by atoms with Crippen molar-refractivity contribution < 1.29 is 14.6 Å². The minimum absolute atomic E-state index is 0.463. The maximum atomic E-state index is 11.0. The van der Waals surface area contributed by atoms with Gasteiger partial charge in [-0.1, -0.05) is 30.3 Å². The molecule has 0 spiro atoms. The first kappa shape index (κ1) is 12.1. The quantitative estimate of drug-likeness (QED) is 0.859. The Hall–Kier alpha value is -1.39. The number of carboxylic acid groups (broad SMARTS) is 1. The van der Waals surface area contributed by atoms with Crippen LogP contribution in [0.4, 0.5) is 0 Å². The van der Waals surface area contributed by atoms with Crippen LogP contribution < -0.4 is 0 Å². The second-order valence-corrected chi connectivity index (χ2v) is 4.27. The van der Waals surface area contributed by atoms with Crippen molar-refractivity contribution in [2.75, 3.05) is 19.7 Å². The fourth-order valence-electron chi connectivity index (χ4n) is 2.03. The minimum atomic E-state index is -0.870. The van der Waals surface area contributed by atoms with E-state index in [1.54, 1.807) is 0 Å². The minimum Gasteiger partial charge on any atom is -0.479 e. The second kappa shape index (κ2) is 5.80. The normalized spacial score (nSPS) is 22.0. The average Bonchev–Trinajstić information content (AvgIpc) is 2.56. The van der Waals surface area contributed by atoms with Crippen LogP contribution in [0.2, 0.25) is 0 Å². The van der Waals surface area contributed by atoms with Crippen LogP contribution in [0.1, 0.15) is 12.0 Å². The number of nitrogens with zero attached hydrogens (tertiary/aromatic N) is 1. The number of benzene rings is 1. The number of carbonyl (C=O) groups is 1. The number of aliphatic carboxylic acids is 1. The third kappa shape index (κ3) is 3.54. The fourth-order valence-corrected chi connectivity index (χ4v) is 2.03. The van der Waals surface area contributed by atoms with Crippen molar-refractivity contribution in [2.24, 2.45) is 0 Å². The van der Waals surface area contributed by atoms with Crippen LogP contribution in [0.25, 0.3) is 0 Å². The molecule has 1 fully saturated rings. The smallest absolute Gasteiger partial charge is 0.334 e. The molecule has 0 radical (unpaired) electrons. The third-order valence-electron chi connectivity index (χ3n) is 2.89. The summed E-state index contributed by atoms with van der Waals surface area (Å²) < 4.78 is 5.29. The van der Waals surface area contributed by atoms with Crippen molar-refractivity contribution in [3.8, 4) is 0 Å². The standard InChI is InChI=1S/C13H17NO3/c15-13(16)12-10-14(7-4-8-17-12)9-11-5-2-1-3-6-11/h1-3,5-6,12H,4,7-10H2,(H,15,16). The summed E-state index contributed by atoms with van der Waals surface area (Å²) in [6, 6.07) is 10.1. The topological polar surface area (TPSA) is 49.8 Å². The monoisotopic (exact) mass is 235 g/mol. The molecule has 1 aliphatic heterocycles. The Labute approximate surface area is 101 Å². The predicted octanol–water partition coefficient (Wildman–Crippen LogP) is 1.36. The maximum absolute atomic E-state index is 11.0. The van der Waals surface area contributed by atoms with Gasteiger partial charge in [0.2, 0.25) is 0 Å². The van der Waals surface area contributed by atoms with E-state index in [0.29, 0.717) is 13.2 Å². The molecule has 0 saturated carbocycles. The van der Waals surface area contributed by atoms with E-state index in [4.69, 9.17) is 9.84 Å². The van der Waals surface area contributed by atoms with Crippen molar-refractivity contribution in [2.45, 2.75) is 19.1 Å². The van der Waals surface area contributed by atoms with Crippen LogP contribution in [0.3, 0.4) is 0 Å². The molecule has 0 amide bonds. The number of hydrogen-bond acceptors (Lipinski definition) is 3. The largest absolute Gasteiger partial charge is 0.479 e. The van der Waals surface area contributed by atoms with Gasteiger partial charge in [0.15, 0.2) is 6.10 Å². The van der Waals surface area contributed by atoms with Crippen molar-refractivity contribution >= 4 is 5.97 Å². The molecule has 1 unspecified atom stereocenters. The van der Waals surface area contributed by atoms with Gasteiger partial charge < -0.3 is 9.84 Å². The van der Waals surface area contributed by atoms with Gasteiger partial charge in [-0.15, -0.1) is 0 Å². The average molecular weight is 235 g/mol. The van der Waals surface area contributed by atoms with E-state index in [0.717, 1.165) is 19.5 Å².